The van der Waals surface area contributed by atoms with Crippen molar-refractivity contribution in [2.45, 2.75) is 13.3 Å². The molecule has 0 amide bonds. The van der Waals surface area contributed by atoms with Crippen molar-refractivity contribution < 1.29 is 0 Å². The predicted molar refractivity (Wildman–Crippen MR) is 284 cm³/mol. The van der Waals surface area contributed by atoms with Crippen molar-refractivity contribution in [1.29, 1.82) is 0 Å². The molecule has 10 aromatic carbocycles. The van der Waals surface area contributed by atoms with Crippen LogP contribution in [-0.2, 0) is 0 Å². The van der Waals surface area contributed by atoms with Gasteiger partial charge in [-0.15, -0.1) is 11.3 Å². The third kappa shape index (κ3) is 6.30. The topological polar surface area (TPSA) is 8.17 Å². The Kier molecular flexibility index (Phi) is 9.11. The van der Waals surface area contributed by atoms with Gasteiger partial charge in [-0.2, -0.15) is 0 Å². The van der Waals surface area contributed by atoms with Gasteiger partial charge in [-0.05, 0) is 140 Å². The highest BCUT2D eigenvalue weighted by molar-refractivity contribution is 7.25. The maximum atomic E-state index is 2.48. The maximum absolute atomic E-state index is 2.48. The van der Waals surface area contributed by atoms with Crippen LogP contribution in [0.25, 0.3) is 97.0 Å². The van der Waals surface area contributed by atoms with Crippen molar-refractivity contribution in [2.75, 3.05) is 4.90 Å². The molecule has 0 N–H and O–H groups in total. The Labute approximate surface area is 388 Å². The number of rotatable bonds is 7. The highest BCUT2D eigenvalue weighted by atomic mass is 32.1. The highest BCUT2D eigenvalue weighted by Crippen LogP contribution is 2.45. The van der Waals surface area contributed by atoms with Gasteiger partial charge in [-0.25, -0.2) is 0 Å². The first kappa shape index (κ1) is 38.5. The SMILES string of the molecule is CC1CC=CC(N(c2ccc(-c3ccc4c(ccc5ccccc54)c3)cc2)c2cccc(-c3cccc4c3c3ccccc3n4-c3ccc4sc5ccccc5c4c3)c2)=C1c1ccccc1. The van der Waals surface area contributed by atoms with Crippen molar-refractivity contribution in [2.24, 2.45) is 5.92 Å². The van der Waals surface area contributed by atoms with Crippen LogP contribution in [0.5, 0.6) is 0 Å². The molecule has 13 rings (SSSR count). The van der Waals surface area contributed by atoms with Gasteiger partial charge in [0, 0.05) is 53.7 Å². The second-order valence-corrected chi connectivity index (χ2v) is 18.8. The highest BCUT2D eigenvalue weighted by Gasteiger charge is 2.25. The van der Waals surface area contributed by atoms with Gasteiger partial charge in [0.05, 0.1) is 11.0 Å². The summed E-state index contributed by atoms with van der Waals surface area (Å²) in [5.74, 6) is 0.345. The Morgan fingerprint density at radius 2 is 1.15 bits per heavy atom. The number of thiophene rings is 1. The summed E-state index contributed by atoms with van der Waals surface area (Å²) in [7, 11) is 0. The number of aromatic nitrogens is 1. The molecular formula is C63H44N2S. The van der Waals surface area contributed by atoms with Crippen LogP contribution in [0, 0.1) is 5.92 Å². The number of allylic oxidation sites excluding steroid dienone is 3. The van der Waals surface area contributed by atoms with Crippen molar-refractivity contribution in [3.8, 4) is 27.9 Å². The third-order valence-corrected chi connectivity index (χ3v) is 14.9. The van der Waals surface area contributed by atoms with Crippen LogP contribution in [-0.4, -0.2) is 4.57 Å². The molecule has 1 atom stereocenters. The standard InChI is InChI=1S/C63H44N2S/c1-41-14-11-25-58(62(41)44-16-3-2-4-17-44)64(48-33-30-42(31-34-48)45-32-36-52-47(38-45)29-28-43-15-5-6-20-51(43)52)49-19-12-18-46(39-49)53-23-13-26-59-63(53)55-22-7-9-24-57(55)65(59)50-35-37-61-56(40-50)54-21-8-10-27-60(54)66-61/h2-13,15-41H,14H2,1H3. The smallest absolute Gasteiger partial charge is 0.0547 e. The van der Waals surface area contributed by atoms with Crippen LogP contribution in [0.3, 0.4) is 0 Å². The number of hydrogen-bond donors (Lipinski definition) is 0. The lowest BCUT2D eigenvalue weighted by Crippen LogP contribution is -2.20. The van der Waals surface area contributed by atoms with E-state index in [9.17, 15) is 0 Å². The van der Waals surface area contributed by atoms with Gasteiger partial charge < -0.3 is 9.47 Å². The van der Waals surface area contributed by atoms with Crippen LogP contribution in [0.1, 0.15) is 18.9 Å². The minimum absolute atomic E-state index is 0.345. The van der Waals surface area contributed by atoms with E-state index in [0.29, 0.717) is 5.92 Å². The second-order valence-electron chi connectivity index (χ2n) is 17.7. The molecule has 0 bridgehead atoms. The summed E-state index contributed by atoms with van der Waals surface area (Å²) in [6.07, 6.45) is 5.69. The molecule has 0 radical (unpaired) electrons. The molecule has 1 aliphatic rings. The normalized spacial score (nSPS) is 14.1. The summed E-state index contributed by atoms with van der Waals surface area (Å²) in [5, 5.41) is 10.2. The molecule has 2 nitrogen and oxygen atoms in total. The van der Waals surface area contributed by atoms with Gasteiger partial charge in [0.2, 0.25) is 0 Å². The van der Waals surface area contributed by atoms with E-state index in [2.05, 4.69) is 247 Å². The molecule has 3 heteroatoms. The van der Waals surface area contributed by atoms with E-state index in [1.54, 1.807) is 0 Å². The Balaban J connectivity index is 0.965. The number of benzene rings is 10. The molecule has 2 heterocycles. The molecule has 0 spiro atoms. The molecule has 1 aliphatic carbocycles. The number of hydrogen-bond acceptors (Lipinski definition) is 2. The first-order valence-electron chi connectivity index (χ1n) is 23.0. The zero-order valence-corrected chi connectivity index (χ0v) is 37.3. The number of nitrogens with zero attached hydrogens (tertiary/aromatic N) is 2. The summed E-state index contributed by atoms with van der Waals surface area (Å²) >= 11 is 1.86. The minimum atomic E-state index is 0.345. The molecule has 1 unspecified atom stereocenters. The van der Waals surface area contributed by atoms with Gasteiger partial charge in [0.15, 0.2) is 0 Å². The van der Waals surface area contributed by atoms with Crippen molar-refractivity contribution in [1.82, 2.24) is 4.57 Å². The lowest BCUT2D eigenvalue weighted by Gasteiger charge is -2.33. The largest absolute Gasteiger partial charge is 0.310 e. The van der Waals surface area contributed by atoms with Gasteiger partial charge in [0.1, 0.15) is 0 Å². The monoisotopic (exact) mass is 860 g/mol. The minimum Gasteiger partial charge on any atom is -0.310 e. The van der Waals surface area contributed by atoms with Gasteiger partial charge >= 0.3 is 0 Å². The summed E-state index contributed by atoms with van der Waals surface area (Å²) in [5.41, 5.74) is 14.4. The molecule has 312 valence electrons. The van der Waals surface area contributed by atoms with E-state index >= 15 is 0 Å². The van der Waals surface area contributed by atoms with E-state index in [-0.39, 0.29) is 0 Å². The fraction of sp³-hybridized carbons (Fsp3) is 0.0476. The van der Waals surface area contributed by atoms with Gasteiger partial charge in [-0.3, -0.25) is 0 Å². The van der Waals surface area contributed by atoms with Crippen LogP contribution < -0.4 is 4.90 Å². The Bertz CT molecular complexity index is 3920. The fourth-order valence-corrected chi connectivity index (χ4v) is 11.8. The van der Waals surface area contributed by atoms with Crippen molar-refractivity contribution in [3.63, 3.8) is 0 Å². The summed E-state index contributed by atoms with van der Waals surface area (Å²) in [6.45, 7) is 2.36. The lowest BCUT2D eigenvalue weighted by atomic mass is 9.85. The first-order chi connectivity index (χ1) is 32.6. The predicted octanol–water partition coefficient (Wildman–Crippen LogP) is 17.9. The Hall–Kier alpha value is -7.98. The van der Waals surface area contributed by atoms with Crippen LogP contribution >= 0.6 is 11.3 Å². The molecule has 0 saturated carbocycles. The summed E-state index contributed by atoms with van der Waals surface area (Å²) < 4.78 is 5.09. The lowest BCUT2D eigenvalue weighted by molar-refractivity contribution is 0.749. The molecule has 2 aromatic heterocycles. The zero-order chi connectivity index (χ0) is 43.7. The van der Waals surface area contributed by atoms with E-state index < -0.39 is 0 Å². The first-order valence-corrected chi connectivity index (χ1v) is 23.8. The fourth-order valence-electron chi connectivity index (χ4n) is 10.7. The molecule has 66 heavy (non-hydrogen) atoms. The molecule has 0 fully saturated rings. The van der Waals surface area contributed by atoms with E-state index in [1.165, 1.54) is 108 Å². The maximum Gasteiger partial charge on any atom is 0.0547 e. The van der Waals surface area contributed by atoms with E-state index in [0.717, 1.165) is 17.8 Å². The van der Waals surface area contributed by atoms with Crippen LogP contribution in [0.15, 0.2) is 236 Å². The molecule has 0 saturated heterocycles. The molecular weight excluding hydrogens is 817 g/mol. The average molecular weight is 861 g/mol. The van der Waals surface area contributed by atoms with E-state index in [1.807, 2.05) is 11.3 Å². The second kappa shape index (κ2) is 15.6. The molecule has 0 aliphatic heterocycles. The number of fused-ring (bicyclic) bond motifs is 9. The van der Waals surface area contributed by atoms with Crippen molar-refractivity contribution in [3.05, 3.63) is 242 Å². The van der Waals surface area contributed by atoms with Gasteiger partial charge in [-0.1, -0.05) is 165 Å². The Morgan fingerprint density at radius 3 is 2.05 bits per heavy atom. The van der Waals surface area contributed by atoms with Crippen LogP contribution in [0.2, 0.25) is 0 Å². The number of anilines is 2. The average Bonchev–Trinajstić information content (AvgIpc) is 3.92. The quantitative estimate of drug-likeness (QED) is 0.145. The van der Waals surface area contributed by atoms with Crippen LogP contribution in [0.4, 0.5) is 11.4 Å². The van der Waals surface area contributed by atoms with Crippen molar-refractivity contribution >= 4 is 91.8 Å². The Morgan fingerprint density at radius 1 is 0.455 bits per heavy atom. The number of para-hydroxylation sites is 1. The zero-order valence-electron chi connectivity index (χ0n) is 36.5. The van der Waals surface area contributed by atoms with Gasteiger partial charge in [0.25, 0.3) is 0 Å². The third-order valence-electron chi connectivity index (χ3n) is 13.8. The summed E-state index contributed by atoms with van der Waals surface area (Å²) in [6, 6.07) is 80.8. The van der Waals surface area contributed by atoms with E-state index in [4.69, 9.17) is 0 Å². The molecule has 12 aromatic rings. The summed E-state index contributed by atoms with van der Waals surface area (Å²) in [4.78, 5) is 2.48.